The van der Waals surface area contributed by atoms with Crippen molar-refractivity contribution in [3.8, 4) is 0 Å². The molecule has 2 amide bonds. The number of anilines is 1. The van der Waals surface area contributed by atoms with Gasteiger partial charge in [0.2, 0.25) is 5.91 Å². The highest BCUT2D eigenvalue weighted by Crippen LogP contribution is 2.19. The molecule has 0 bridgehead atoms. The topological polar surface area (TPSA) is 75.4 Å². The minimum atomic E-state index is -0.167. The van der Waals surface area contributed by atoms with Gasteiger partial charge < -0.3 is 16.0 Å². The van der Waals surface area contributed by atoms with E-state index < -0.39 is 0 Å². The van der Waals surface area contributed by atoms with Gasteiger partial charge in [0, 0.05) is 18.2 Å². The molecule has 3 N–H and O–H groups in total. The van der Waals surface area contributed by atoms with Gasteiger partial charge in [-0.1, -0.05) is 12.1 Å². The van der Waals surface area contributed by atoms with E-state index >= 15 is 0 Å². The first-order valence-electron chi connectivity index (χ1n) is 8.99. The predicted molar refractivity (Wildman–Crippen MR) is 106 cm³/mol. The van der Waals surface area contributed by atoms with E-state index in [1.807, 2.05) is 30.5 Å². The summed E-state index contributed by atoms with van der Waals surface area (Å²) in [5.41, 5.74) is 8.44. The number of nitrogens with zero attached hydrogens (tertiary/aromatic N) is 1. The van der Waals surface area contributed by atoms with Crippen LogP contribution in [0.15, 0.2) is 35.7 Å². The Hall–Kier alpha value is -2.18. The second-order valence-electron chi connectivity index (χ2n) is 6.85. The van der Waals surface area contributed by atoms with Crippen LogP contribution in [0.5, 0.6) is 0 Å². The van der Waals surface area contributed by atoms with Gasteiger partial charge in [0.25, 0.3) is 5.91 Å². The van der Waals surface area contributed by atoms with Gasteiger partial charge in [-0.15, -0.1) is 11.3 Å². The number of hydrogen-bond donors (Lipinski definition) is 2. The monoisotopic (exact) mass is 371 g/mol. The average Bonchev–Trinajstić information content (AvgIpc) is 3.07. The molecule has 1 aliphatic rings. The Bertz CT molecular complexity index is 762. The zero-order chi connectivity index (χ0) is 18.5. The molecule has 6 heteroatoms. The quantitative estimate of drug-likeness (QED) is 0.819. The average molecular weight is 372 g/mol. The van der Waals surface area contributed by atoms with Crippen molar-refractivity contribution < 1.29 is 9.59 Å². The number of benzene rings is 1. The molecule has 0 radical (unpaired) electrons. The fraction of sp³-hybridized carbons (Fsp3) is 0.400. The summed E-state index contributed by atoms with van der Waals surface area (Å²) in [4.78, 5) is 26.6. The van der Waals surface area contributed by atoms with Crippen LogP contribution in [0, 0.1) is 12.8 Å². The fourth-order valence-electron chi connectivity index (χ4n) is 3.28. The number of piperidine rings is 1. The molecule has 138 valence electrons. The lowest BCUT2D eigenvalue weighted by molar-refractivity contribution is -0.123. The van der Waals surface area contributed by atoms with Gasteiger partial charge >= 0.3 is 0 Å². The van der Waals surface area contributed by atoms with Gasteiger partial charge in [0.15, 0.2) is 0 Å². The predicted octanol–water partition coefficient (Wildman–Crippen LogP) is 3.05. The molecule has 0 unspecified atom stereocenters. The zero-order valence-electron chi connectivity index (χ0n) is 15.0. The van der Waals surface area contributed by atoms with Crippen molar-refractivity contribution in [2.75, 3.05) is 25.0 Å². The van der Waals surface area contributed by atoms with E-state index in [2.05, 4.69) is 22.3 Å². The smallest absolute Gasteiger partial charge is 0.265 e. The Kier molecular flexibility index (Phi) is 6.06. The van der Waals surface area contributed by atoms with Gasteiger partial charge in [-0.2, -0.15) is 0 Å². The molecule has 1 aromatic heterocycles. The minimum Gasteiger partial charge on any atom is -0.369 e. The number of carbonyl (C=O) groups is 2. The molecular formula is C20H25N3O2S. The van der Waals surface area contributed by atoms with Crippen molar-refractivity contribution in [1.29, 1.82) is 0 Å². The van der Waals surface area contributed by atoms with Gasteiger partial charge in [-0.25, -0.2) is 0 Å². The Morgan fingerprint density at radius 3 is 2.46 bits per heavy atom. The molecule has 2 heterocycles. The summed E-state index contributed by atoms with van der Waals surface area (Å²) in [5.74, 6) is -0.177. The van der Waals surface area contributed by atoms with E-state index in [1.165, 1.54) is 16.9 Å². The van der Waals surface area contributed by atoms with Crippen LogP contribution in [0.1, 0.15) is 33.6 Å². The van der Waals surface area contributed by atoms with Gasteiger partial charge in [0.05, 0.1) is 4.88 Å². The third kappa shape index (κ3) is 4.71. The van der Waals surface area contributed by atoms with E-state index in [-0.39, 0.29) is 17.7 Å². The van der Waals surface area contributed by atoms with Crippen molar-refractivity contribution in [2.24, 2.45) is 11.7 Å². The summed E-state index contributed by atoms with van der Waals surface area (Å²) in [5, 5.41) is 4.88. The number of amides is 2. The minimum absolute atomic E-state index is 0.0427. The van der Waals surface area contributed by atoms with E-state index in [9.17, 15) is 9.59 Å². The van der Waals surface area contributed by atoms with E-state index in [0.29, 0.717) is 0 Å². The molecule has 0 saturated carbocycles. The maximum atomic E-state index is 12.2. The number of likely N-dealkylation sites (tertiary alicyclic amines) is 1. The standard InChI is InChI=1S/C20H25N3O2S/c1-14-9-13-26-18(14)20(25)22-17-4-2-15(3-5-17)6-10-23-11-7-16(8-12-23)19(21)24/h2-5,9,13,16H,6-8,10-12H2,1H3,(H2,21,24)(H,22,25). The largest absolute Gasteiger partial charge is 0.369 e. The van der Waals surface area contributed by atoms with Gasteiger partial charge in [-0.05, 0) is 74.0 Å². The highest BCUT2D eigenvalue weighted by Gasteiger charge is 2.22. The maximum Gasteiger partial charge on any atom is 0.265 e. The Labute approximate surface area is 158 Å². The number of thiophene rings is 1. The first kappa shape index (κ1) is 18.6. The lowest BCUT2D eigenvalue weighted by atomic mass is 9.96. The first-order valence-corrected chi connectivity index (χ1v) is 9.87. The molecular weight excluding hydrogens is 346 g/mol. The van der Waals surface area contributed by atoms with Crippen molar-refractivity contribution >= 4 is 28.8 Å². The fourth-order valence-corrected chi connectivity index (χ4v) is 4.10. The van der Waals surface area contributed by atoms with E-state index in [1.54, 1.807) is 0 Å². The molecule has 1 saturated heterocycles. The van der Waals surface area contributed by atoms with E-state index in [0.717, 1.165) is 55.0 Å². The molecule has 3 rings (SSSR count). The number of rotatable bonds is 6. The maximum absolute atomic E-state index is 12.2. The summed E-state index contributed by atoms with van der Waals surface area (Å²) in [6.45, 7) is 4.79. The number of hydrogen-bond acceptors (Lipinski definition) is 4. The van der Waals surface area contributed by atoms with Crippen molar-refractivity contribution in [2.45, 2.75) is 26.2 Å². The Balaban J connectivity index is 1.47. The molecule has 5 nitrogen and oxygen atoms in total. The number of carbonyl (C=O) groups excluding carboxylic acids is 2. The van der Waals surface area contributed by atoms with Crippen LogP contribution >= 0.6 is 11.3 Å². The Morgan fingerprint density at radius 2 is 1.88 bits per heavy atom. The highest BCUT2D eigenvalue weighted by molar-refractivity contribution is 7.12. The van der Waals surface area contributed by atoms with Crippen LogP contribution in [0.25, 0.3) is 0 Å². The molecule has 0 atom stereocenters. The summed E-state index contributed by atoms with van der Waals surface area (Å²) >= 11 is 1.46. The van der Waals surface area contributed by atoms with E-state index in [4.69, 9.17) is 5.73 Å². The van der Waals surface area contributed by atoms with Crippen molar-refractivity contribution in [1.82, 2.24) is 4.90 Å². The zero-order valence-corrected chi connectivity index (χ0v) is 15.8. The SMILES string of the molecule is Cc1ccsc1C(=O)Nc1ccc(CCN2CCC(C(N)=O)CC2)cc1. The Morgan fingerprint density at radius 1 is 1.19 bits per heavy atom. The lowest BCUT2D eigenvalue weighted by Crippen LogP contribution is -2.39. The third-order valence-corrected chi connectivity index (χ3v) is 6.00. The molecule has 2 aromatic rings. The summed E-state index contributed by atoms with van der Waals surface area (Å²) in [7, 11) is 0. The molecule has 26 heavy (non-hydrogen) atoms. The normalized spacial score (nSPS) is 15.7. The number of nitrogens with one attached hydrogen (secondary N) is 1. The first-order chi connectivity index (χ1) is 12.5. The summed E-state index contributed by atoms with van der Waals surface area (Å²) in [6, 6.07) is 9.99. The van der Waals surface area contributed by atoms with Gasteiger partial charge in [-0.3, -0.25) is 9.59 Å². The molecule has 1 aliphatic heterocycles. The van der Waals surface area contributed by atoms with Crippen LogP contribution in [-0.2, 0) is 11.2 Å². The second-order valence-corrected chi connectivity index (χ2v) is 7.77. The third-order valence-electron chi connectivity index (χ3n) is 4.99. The van der Waals surface area contributed by atoms with Crippen molar-refractivity contribution in [3.63, 3.8) is 0 Å². The van der Waals surface area contributed by atoms with Crippen LogP contribution < -0.4 is 11.1 Å². The summed E-state index contributed by atoms with van der Waals surface area (Å²) < 4.78 is 0. The van der Waals surface area contributed by atoms with Crippen LogP contribution in [-0.4, -0.2) is 36.3 Å². The number of nitrogens with two attached hydrogens (primary N) is 1. The highest BCUT2D eigenvalue weighted by atomic mass is 32.1. The molecule has 0 spiro atoms. The van der Waals surface area contributed by atoms with Crippen LogP contribution in [0.4, 0.5) is 5.69 Å². The molecule has 0 aliphatic carbocycles. The summed E-state index contributed by atoms with van der Waals surface area (Å²) in [6.07, 6.45) is 2.68. The van der Waals surface area contributed by atoms with Gasteiger partial charge in [0.1, 0.15) is 0 Å². The van der Waals surface area contributed by atoms with Crippen LogP contribution in [0.3, 0.4) is 0 Å². The number of aryl methyl sites for hydroxylation is 1. The van der Waals surface area contributed by atoms with Crippen molar-refractivity contribution in [3.05, 3.63) is 51.7 Å². The molecule has 1 aromatic carbocycles. The van der Waals surface area contributed by atoms with Crippen LogP contribution in [0.2, 0.25) is 0 Å². The second kappa shape index (κ2) is 8.47. The number of primary amides is 1. The lowest BCUT2D eigenvalue weighted by Gasteiger charge is -2.30. The molecule has 1 fully saturated rings.